The molecule has 19 heavy (non-hydrogen) atoms. The number of anilines is 1. The summed E-state index contributed by atoms with van der Waals surface area (Å²) in [5.74, 6) is 0. The minimum Gasteiger partial charge on any atom is -0.399 e. The Hall–Kier alpha value is -1.93. The number of rotatable bonds is 2. The van der Waals surface area contributed by atoms with Crippen LogP contribution in [-0.2, 0) is 0 Å². The van der Waals surface area contributed by atoms with E-state index in [9.17, 15) is 0 Å². The highest BCUT2D eigenvalue weighted by Gasteiger charge is 2.02. The molecule has 0 saturated carbocycles. The molecule has 1 nitrogen and oxygen atoms in total. The molecule has 0 saturated heterocycles. The minimum absolute atomic E-state index is 0.820. The Balaban J connectivity index is 1.96. The van der Waals surface area contributed by atoms with Crippen LogP contribution in [0.15, 0.2) is 70.5 Å². The summed E-state index contributed by atoms with van der Waals surface area (Å²) in [5, 5.41) is 2.56. The number of fused-ring (bicyclic) bond motifs is 1. The van der Waals surface area contributed by atoms with Crippen molar-refractivity contribution in [3.05, 3.63) is 66.2 Å². The van der Waals surface area contributed by atoms with Crippen molar-refractivity contribution < 1.29 is 0 Å². The van der Waals surface area contributed by atoms with Gasteiger partial charge < -0.3 is 5.73 Å². The molecular formula is C17H15NS. The van der Waals surface area contributed by atoms with Crippen molar-refractivity contribution in [2.24, 2.45) is 0 Å². The van der Waals surface area contributed by atoms with Crippen LogP contribution in [0.3, 0.4) is 0 Å². The molecule has 0 unspecified atom stereocenters. The third kappa shape index (κ3) is 2.59. The SMILES string of the molecule is Cc1cc(N)ccc1Sc1ccc2ccccc2c1. The van der Waals surface area contributed by atoms with Gasteiger partial charge in [0.25, 0.3) is 0 Å². The number of nitrogen functional groups attached to an aromatic ring is 1. The maximum atomic E-state index is 5.79. The molecule has 0 fully saturated rings. The van der Waals surface area contributed by atoms with Crippen LogP contribution in [0.5, 0.6) is 0 Å². The van der Waals surface area contributed by atoms with Gasteiger partial charge in [-0.25, -0.2) is 0 Å². The lowest BCUT2D eigenvalue weighted by Crippen LogP contribution is -1.87. The van der Waals surface area contributed by atoms with Crippen molar-refractivity contribution in [3.8, 4) is 0 Å². The summed E-state index contributed by atoms with van der Waals surface area (Å²) in [4.78, 5) is 2.51. The van der Waals surface area contributed by atoms with Gasteiger partial charge in [-0.05, 0) is 53.6 Å². The fourth-order valence-electron chi connectivity index (χ4n) is 2.14. The minimum atomic E-state index is 0.820. The molecule has 2 N–H and O–H groups in total. The zero-order valence-electron chi connectivity index (χ0n) is 10.8. The topological polar surface area (TPSA) is 26.0 Å². The molecule has 0 aliphatic heterocycles. The van der Waals surface area contributed by atoms with Crippen LogP contribution in [0.4, 0.5) is 5.69 Å². The Labute approximate surface area is 117 Å². The lowest BCUT2D eigenvalue weighted by molar-refractivity contribution is 1.30. The molecule has 2 heteroatoms. The first-order valence-electron chi connectivity index (χ1n) is 6.25. The number of nitrogens with two attached hydrogens (primary N) is 1. The van der Waals surface area contributed by atoms with Crippen LogP contribution in [0.25, 0.3) is 10.8 Å². The third-order valence-electron chi connectivity index (χ3n) is 3.15. The van der Waals surface area contributed by atoms with E-state index < -0.39 is 0 Å². The average molecular weight is 265 g/mol. The monoisotopic (exact) mass is 265 g/mol. The molecule has 0 heterocycles. The van der Waals surface area contributed by atoms with Gasteiger partial charge in [-0.1, -0.05) is 42.1 Å². The zero-order chi connectivity index (χ0) is 13.2. The molecule has 0 bridgehead atoms. The number of hydrogen-bond acceptors (Lipinski definition) is 2. The van der Waals surface area contributed by atoms with Crippen LogP contribution in [0, 0.1) is 6.92 Å². The maximum absolute atomic E-state index is 5.79. The van der Waals surface area contributed by atoms with E-state index in [1.807, 2.05) is 12.1 Å². The van der Waals surface area contributed by atoms with E-state index in [0.29, 0.717) is 0 Å². The van der Waals surface area contributed by atoms with Crippen molar-refractivity contribution in [3.63, 3.8) is 0 Å². The van der Waals surface area contributed by atoms with Crippen molar-refractivity contribution in [1.82, 2.24) is 0 Å². The fourth-order valence-corrected chi connectivity index (χ4v) is 3.08. The Morgan fingerprint density at radius 3 is 2.42 bits per heavy atom. The van der Waals surface area contributed by atoms with E-state index >= 15 is 0 Å². The van der Waals surface area contributed by atoms with Gasteiger partial charge in [0.15, 0.2) is 0 Å². The molecule has 3 aromatic rings. The summed E-state index contributed by atoms with van der Waals surface area (Å²) in [6.07, 6.45) is 0. The van der Waals surface area contributed by atoms with Gasteiger partial charge in [-0.2, -0.15) is 0 Å². The van der Waals surface area contributed by atoms with Crippen LogP contribution in [0.1, 0.15) is 5.56 Å². The van der Waals surface area contributed by atoms with Gasteiger partial charge in [0.05, 0.1) is 0 Å². The first kappa shape index (κ1) is 12.1. The van der Waals surface area contributed by atoms with E-state index in [0.717, 1.165) is 5.69 Å². The largest absolute Gasteiger partial charge is 0.399 e. The van der Waals surface area contributed by atoms with E-state index in [2.05, 4.69) is 55.5 Å². The molecule has 0 aliphatic carbocycles. The molecule has 0 atom stereocenters. The number of benzene rings is 3. The highest BCUT2D eigenvalue weighted by Crippen LogP contribution is 2.32. The second-order valence-corrected chi connectivity index (χ2v) is 5.75. The Morgan fingerprint density at radius 1 is 0.842 bits per heavy atom. The predicted molar refractivity (Wildman–Crippen MR) is 83.7 cm³/mol. The van der Waals surface area contributed by atoms with Crippen molar-refractivity contribution in [2.75, 3.05) is 5.73 Å². The van der Waals surface area contributed by atoms with E-state index in [-0.39, 0.29) is 0 Å². The van der Waals surface area contributed by atoms with E-state index in [1.54, 1.807) is 11.8 Å². The van der Waals surface area contributed by atoms with Crippen LogP contribution < -0.4 is 5.73 Å². The lowest BCUT2D eigenvalue weighted by Gasteiger charge is -2.07. The number of aryl methyl sites for hydroxylation is 1. The lowest BCUT2D eigenvalue weighted by atomic mass is 10.1. The average Bonchev–Trinajstić information content (AvgIpc) is 2.42. The molecule has 0 aliphatic rings. The normalized spacial score (nSPS) is 10.8. The van der Waals surface area contributed by atoms with Crippen molar-refractivity contribution >= 4 is 28.2 Å². The summed E-state index contributed by atoms with van der Waals surface area (Å²) in [6, 6.07) is 21.1. The Kier molecular flexibility index (Phi) is 3.18. The molecule has 0 aromatic heterocycles. The quantitative estimate of drug-likeness (QED) is 0.668. The van der Waals surface area contributed by atoms with Crippen molar-refractivity contribution in [2.45, 2.75) is 16.7 Å². The van der Waals surface area contributed by atoms with Gasteiger partial charge in [0.2, 0.25) is 0 Å². The highest BCUT2D eigenvalue weighted by atomic mass is 32.2. The summed E-state index contributed by atoms with van der Waals surface area (Å²) >= 11 is 1.78. The first-order chi connectivity index (χ1) is 9.22. The van der Waals surface area contributed by atoms with Crippen molar-refractivity contribution in [1.29, 1.82) is 0 Å². The fraction of sp³-hybridized carbons (Fsp3) is 0.0588. The second-order valence-electron chi connectivity index (χ2n) is 4.64. The predicted octanol–water partition coefficient (Wildman–Crippen LogP) is 4.88. The highest BCUT2D eigenvalue weighted by molar-refractivity contribution is 7.99. The number of hydrogen-bond donors (Lipinski definition) is 1. The van der Waals surface area contributed by atoms with Gasteiger partial charge in [0.1, 0.15) is 0 Å². The van der Waals surface area contributed by atoms with Crippen LogP contribution in [0.2, 0.25) is 0 Å². The molecule has 0 spiro atoms. The Bertz CT molecular complexity index is 734. The first-order valence-corrected chi connectivity index (χ1v) is 7.07. The second kappa shape index (κ2) is 4.98. The summed E-state index contributed by atoms with van der Waals surface area (Å²) in [5.41, 5.74) is 7.83. The molecule has 3 rings (SSSR count). The molecular weight excluding hydrogens is 250 g/mol. The zero-order valence-corrected chi connectivity index (χ0v) is 11.6. The smallest absolute Gasteiger partial charge is 0.0317 e. The summed E-state index contributed by atoms with van der Waals surface area (Å²) < 4.78 is 0. The van der Waals surface area contributed by atoms with Gasteiger partial charge in [-0.15, -0.1) is 0 Å². The molecule has 94 valence electrons. The Morgan fingerprint density at radius 2 is 1.63 bits per heavy atom. The standard InChI is InChI=1S/C17H15NS/c1-12-10-15(18)7-9-17(12)19-16-8-6-13-4-2-3-5-14(13)11-16/h2-11H,18H2,1H3. The third-order valence-corrected chi connectivity index (χ3v) is 4.32. The summed E-state index contributed by atoms with van der Waals surface area (Å²) in [7, 11) is 0. The molecule has 0 radical (unpaired) electrons. The maximum Gasteiger partial charge on any atom is 0.0317 e. The van der Waals surface area contributed by atoms with E-state index in [4.69, 9.17) is 5.73 Å². The van der Waals surface area contributed by atoms with Gasteiger partial charge in [-0.3, -0.25) is 0 Å². The molecule has 0 amide bonds. The van der Waals surface area contributed by atoms with Crippen LogP contribution >= 0.6 is 11.8 Å². The van der Waals surface area contributed by atoms with Crippen LogP contribution in [-0.4, -0.2) is 0 Å². The molecule has 3 aromatic carbocycles. The van der Waals surface area contributed by atoms with Gasteiger partial charge in [0, 0.05) is 15.5 Å². The van der Waals surface area contributed by atoms with Gasteiger partial charge >= 0.3 is 0 Å². The summed E-state index contributed by atoms with van der Waals surface area (Å²) in [6.45, 7) is 2.10. The van der Waals surface area contributed by atoms with E-state index in [1.165, 1.54) is 26.1 Å².